The second kappa shape index (κ2) is 6.72. The highest BCUT2D eigenvalue weighted by atomic mass is 32.2. The Morgan fingerprint density at radius 1 is 1.19 bits per heavy atom. The summed E-state index contributed by atoms with van der Waals surface area (Å²) in [5.41, 5.74) is 0.704. The molecule has 1 aromatic heterocycles. The number of benzene rings is 2. The van der Waals surface area contributed by atoms with E-state index in [1.54, 1.807) is 16.7 Å². The van der Waals surface area contributed by atoms with Gasteiger partial charge in [-0.2, -0.15) is 8.42 Å². The van der Waals surface area contributed by atoms with Gasteiger partial charge in [0.2, 0.25) is 4.80 Å². The molecular weight excluding hydrogens is 391 g/mol. The number of nitrogens with zero attached hydrogens (tertiary/aromatic N) is 2. The number of fused-ring (bicyclic) bond motifs is 2. The smallest absolute Gasteiger partial charge is 0.285 e. The van der Waals surface area contributed by atoms with E-state index in [4.69, 9.17) is 15.9 Å². The summed E-state index contributed by atoms with van der Waals surface area (Å²) in [6.07, 6.45) is 5.45. The topological polar surface area (TPSA) is 69.9 Å². The molecule has 0 amide bonds. The predicted molar refractivity (Wildman–Crippen MR) is 98.8 cm³/mol. The van der Waals surface area contributed by atoms with Gasteiger partial charge in [0.25, 0.3) is 10.0 Å². The van der Waals surface area contributed by atoms with E-state index in [0.29, 0.717) is 30.2 Å². The summed E-state index contributed by atoms with van der Waals surface area (Å²) in [6, 6.07) is 8.05. The van der Waals surface area contributed by atoms with Crippen LogP contribution in [0.2, 0.25) is 0 Å². The number of ether oxygens (including phenoxy) is 2. The van der Waals surface area contributed by atoms with Crippen molar-refractivity contribution in [2.24, 2.45) is 4.40 Å². The molecule has 0 fully saturated rings. The van der Waals surface area contributed by atoms with Crippen molar-refractivity contribution in [1.82, 2.24) is 4.57 Å². The van der Waals surface area contributed by atoms with Gasteiger partial charge in [-0.25, -0.2) is 4.39 Å². The first-order chi connectivity index (χ1) is 13.0. The van der Waals surface area contributed by atoms with Crippen LogP contribution in [0.1, 0.15) is 0 Å². The molecule has 0 spiro atoms. The lowest BCUT2D eigenvalue weighted by Crippen LogP contribution is -2.17. The van der Waals surface area contributed by atoms with Gasteiger partial charge >= 0.3 is 0 Å². The minimum atomic E-state index is -4.02. The van der Waals surface area contributed by atoms with Gasteiger partial charge in [-0.15, -0.1) is 10.8 Å². The van der Waals surface area contributed by atoms with Crippen LogP contribution in [-0.4, -0.2) is 26.2 Å². The molecule has 6 nitrogen and oxygen atoms in total. The molecule has 0 aliphatic carbocycles. The second-order valence-electron chi connectivity index (χ2n) is 5.66. The lowest BCUT2D eigenvalue weighted by molar-refractivity contribution is 0.172. The maximum atomic E-state index is 13.1. The van der Waals surface area contributed by atoms with Crippen LogP contribution >= 0.6 is 11.3 Å². The molecule has 0 bridgehead atoms. The average Bonchev–Trinajstić information content (AvgIpc) is 2.96. The first-order valence-corrected chi connectivity index (χ1v) is 10.2. The zero-order chi connectivity index (χ0) is 19.0. The zero-order valence-electron chi connectivity index (χ0n) is 13.9. The minimum Gasteiger partial charge on any atom is -0.486 e. The van der Waals surface area contributed by atoms with Crippen molar-refractivity contribution in [2.75, 3.05) is 13.2 Å². The molecule has 2 aromatic carbocycles. The number of terminal acetylenes is 1. The van der Waals surface area contributed by atoms with Crippen molar-refractivity contribution in [3.8, 4) is 23.8 Å². The number of rotatable bonds is 3. The normalized spacial score (nSPS) is 14.3. The maximum absolute atomic E-state index is 13.1. The SMILES string of the molecule is C#CCn1/c(=N/S(=O)(=O)c2ccc(F)cc2)sc2cc3c(cc21)OCCO3. The number of hydrogen-bond donors (Lipinski definition) is 0. The average molecular weight is 404 g/mol. The van der Waals surface area contributed by atoms with Crippen molar-refractivity contribution >= 4 is 31.6 Å². The second-order valence-corrected chi connectivity index (χ2v) is 8.27. The number of halogens is 1. The van der Waals surface area contributed by atoms with E-state index in [1.807, 2.05) is 0 Å². The highest BCUT2D eigenvalue weighted by Crippen LogP contribution is 2.35. The molecule has 1 aliphatic heterocycles. The third kappa shape index (κ3) is 3.29. The van der Waals surface area contributed by atoms with Gasteiger partial charge in [0, 0.05) is 12.1 Å². The first-order valence-electron chi connectivity index (χ1n) is 7.91. The fraction of sp³-hybridized carbons (Fsp3) is 0.167. The van der Waals surface area contributed by atoms with Crippen molar-refractivity contribution in [1.29, 1.82) is 0 Å². The lowest BCUT2D eigenvalue weighted by Gasteiger charge is -2.18. The van der Waals surface area contributed by atoms with Crippen LogP contribution in [0.15, 0.2) is 45.7 Å². The van der Waals surface area contributed by atoms with Gasteiger partial charge in [0.05, 0.1) is 21.7 Å². The summed E-state index contributed by atoms with van der Waals surface area (Å²) in [6.45, 7) is 1.02. The van der Waals surface area contributed by atoms with E-state index in [9.17, 15) is 12.8 Å². The van der Waals surface area contributed by atoms with Crippen molar-refractivity contribution in [3.05, 3.63) is 47.0 Å². The Bertz CT molecular complexity index is 1240. The third-order valence-electron chi connectivity index (χ3n) is 3.91. The third-order valence-corrected chi connectivity index (χ3v) is 6.34. The standard InChI is InChI=1S/C18H13FN2O4S2/c1-2-7-21-14-10-15-16(25-9-8-24-15)11-17(14)26-18(21)20-27(22,23)13-5-3-12(19)4-6-13/h1,3-6,10-11H,7-9H2/b20-18-. The molecule has 0 saturated heterocycles. The molecule has 1 aliphatic rings. The zero-order valence-corrected chi connectivity index (χ0v) is 15.5. The molecule has 0 unspecified atom stereocenters. The van der Waals surface area contributed by atoms with Crippen molar-refractivity contribution < 1.29 is 22.3 Å². The van der Waals surface area contributed by atoms with E-state index < -0.39 is 15.8 Å². The molecule has 0 radical (unpaired) electrons. The highest BCUT2D eigenvalue weighted by molar-refractivity contribution is 7.90. The monoisotopic (exact) mass is 404 g/mol. The van der Waals surface area contributed by atoms with Crippen molar-refractivity contribution in [3.63, 3.8) is 0 Å². The summed E-state index contributed by atoms with van der Waals surface area (Å²) in [5, 5.41) is 0. The molecule has 0 saturated carbocycles. The predicted octanol–water partition coefficient (Wildman–Crippen LogP) is 2.54. The summed E-state index contributed by atoms with van der Waals surface area (Å²) in [7, 11) is -4.02. The fourth-order valence-corrected chi connectivity index (χ4v) is 4.93. The van der Waals surface area contributed by atoms with Crippen LogP contribution in [0.4, 0.5) is 4.39 Å². The van der Waals surface area contributed by atoms with Gasteiger partial charge in [-0.05, 0) is 24.3 Å². The van der Waals surface area contributed by atoms with Crippen LogP contribution in [0, 0.1) is 18.2 Å². The Morgan fingerprint density at radius 3 is 2.52 bits per heavy atom. The van der Waals surface area contributed by atoms with Gasteiger partial charge in [-0.1, -0.05) is 17.3 Å². The van der Waals surface area contributed by atoms with Crippen LogP contribution < -0.4 is 14.3 Å². The Balaban J connectivity index is 1.92. The number of thiazole rings is 1. The quantitative estimate of drug-likeness (QED) is 0.629. The Morgan fingerprint density at radius 2 is 1.85 bits per heavy atom. The molecule has 4 rings (SSSR count). The van der Waals surface area contributed by atoms with Gasteiger partial charge in [0.15, 0.2) is 11.5 Å². The van der Waals surface area contributed by atoms with Crippen LogP contribution in [-0.2, 0) is 16.6 Å². The Labute approximate surface area is 158 Å². The van der Waals surface area contributed by atoms with Crippen LogP contribution in [0.25, 0.3) is 10.2 Å². The Hall–Kier alpha value is -2.83. The van der Waals surface area contributed by atoms with Crippen LogP contribution in [0.3, 0.4) is 0 Å². The summed E-state index contributed by atoms with van der Waals surface area (Å²) >= 11 is 1.17. The number of aromatic nitrogens is 1. The lowest BCUT2D eigenvalue weighted by atomic mass is 10.2. The van der Waals surface area contributed by atoms with E-state index in [0.717, 1.165) is 16.8 Å². The molecule has 0 atom stereocenters. The minimum absolute atomic E-state index is 0.0976. The van der Waals surface area contributed by atoms with Gasteiger partial charge in [0.1, 0.15) is 19.0 Å². The summed E-state index contributed by atoms with van der Waals surface area (Å²) < 4.78 is 55.8. The summed E-state index contributed by atoms with van der Waals surface area (Å²) in [4.78, 5) is 0.120. The van der Waals surface area contributed by atoms with Gasteiger partial charge in [-0.3, -0.25) is 0 Å². The van der Waals surface area contributed by atoms with E-state index in [-0.39, 0.29) is 16.2 Å². The summed E-state index contributed by atoms with van der Waals surface area (Å²) in [5.74, 6) is 3.15. The largest absolute Gasteiger partial charge is 0.486 e. The molecule has 138 valence electrons. The van der Waals surface area contributed by atoms with E-state index >= 15 is 0 Å². The molecule has 0 N–H and O–H groups in total. The van der Waals surface area contributed by atoms with Gasteiger partial charge < -0.3 is 14.0 Å². The molecule has 27 heavy (non-hydrogen) atoms. The first kappa shape index (κ1) is 17.6. The molecule has 9 heteroatoms. The van der Waals surface area contributed by atoms with Crippen LogP contribution in [0.5, 0.6) is 11.5 Å². The number of hydrogen-bond acceptors (Lipinski definition) is 5. The fourth-order valence-electron chi connectivity index (χ4n) is 2.68. The Kier molecular flexibility index (Phi) is 4.37. The molecular formula is C18H13FN2O4S2. The highest BCUT2D eigenvalue weighted by Gasteiger charge is 2.18. The molecule has 3 aromatic rings. The maximum Gasteiger partial charge on any atom is 0.285 e. The molecule has 2 heterocycles. The van der Waals surface area contributed by atoms with E-state index in [1.165, 1.54) is 23.5 Å². The number of sulfonamides is 1. The van der Waals surface area contributed by atoms with Crippen molar-refractivity contribution in [2.45, 2.75) is 11.4 Å². The van der Waals surface area contributed by atoms with E-state index in [2.05, 4.69) is 10.3 Å².